The molecule has 158 valence electrons. The molecule has 0 spiro atoms. The molecular weight excluding hydrogens is 380 g/mol. The number of carbonyl (C=O) groups excluding carboxylic acids is 1. The second kappa shape index (κ2) is 8.71. The van der Waals surface area contributed by atoms with Gasteiger partial charge in [0.25, 0.3) is 0 Å². The van der Waals surface area contributed by atoms with Gasteiger partial charge in [0.05, 0.1) is 19.0 Å². The van der Waals surface area contributed by atoms with Crippen molar-refractivity contribution in [2.45, 2.75) is 18.9 Å². The van der Waals surface area contributed by atoms with Crippen molar-refractivity contribution in [1.29, 1.82) is 0 Å². The summed E-state index contributed by atoms with van der Waals surface area (Å²) in [6.07, 6.45) is 0.935. The van der Waals surface area contributed by atoms with E-state index in [9.17, 15) is 4.79 Å². The molecule has 1 saturated heterocycles. The number of likely N-dealkylation sites (N-methyl/N-ethyl adjacent to an activating group) is 1. The summed E-state index contributed by atoms with van der Waals surface area (Å²) >= 11 is 0. The molecule has 1 aliphatic heterocycles. The van der Waals surface area contributed by atoms with Crippen LogP contribution in [0.25, 0.3) is 11.0 Å². The maximum Gasteiger partial charge on any atom is 0.236 e. The van der Waals surface area contributed by atoms with Crippen LogP contribution in [0.2, 0.25) is 0 Å². The number of rotatable bonds is 7. The fourth-order valence-corrected chi connectivity index (χ4v) is 3.91. The van der Waals surface area contributed by atoms with Gasteiger partial charge < -0.3 is 19.9 Å². The first-order chi connectivity index (χ1) is 14.5. The average Bonchev–Trinajstić information content (AvgIpc) is 3.39. The second-order valence-corrected chi connectivity index (χ2v) is 7.93. The molecule has 8 nitrogen and oxygen atoms in total. The first kappa shape index (κ1) is 20.2. The minimum atomic E-state index is 0.174. The molecule has 0 aliphatic carbocycles. The Balaban J connectivity index is 1.44. The largest absolute Gasteiger partial charge is 0.496 e. The summed E-state index contributed by atoms with van der Waals surface area (Å²) in [6, 6.07) is 12.0. The third kappa shape index (κ3) is 4.23. The Kier molecular flexibility index (Phi) is 5.85. The van der Waals surface area contributed by atoms with Gasteiger partial charge in [0.1, 0.15) is 5.75 Å². The highest BCUT2D eigenvalue weighted by molar-refractivity contribution is 5.87. The van der Waals surface area contributed by atoms with Crippen molar-refractivity contribution in [3.05, 3.63) is 47.7 Å². The van der Waals surface area contributed by atoms with Gasteiger partial charge in [0, 0.05) is 36.8 Å². The molecule has 3 heterocycles. The lowest BCUT2D eigenvalue weighted by Gasteiger charge is -2.19. The first-order valence-corrected chi connectivity index (χ1v) is 10.2. The van der Waals surface area contributed by atoms with Crippen LogP contribution < -0.4 is 10.1 Å². The van der Waals surface area contributed by atoms with E-state index in [4.69, 9.17) is 9.72 Å². The minimum Gasteiger partial charge on any atom is -0.496 e. The molecule has 2 aromatic heterocycles. The van der Waals surface area contributed by atoms with E-state index in [2.05, 4.69) is 27.6 Å². The summed E-state index contributed by atoms with van der Waals surface area (Å²) in [5.41, 5.74) is 2.82. The quantitative estimate of drug-likeness (QED) is 0.625. The maximum atomic E-state index is 12.3. The molecule has 0 unspecified atom stereocenters. The molecule has 4 rings (SSSR count). The lowest BCUT2D eigenvalue weighted by Crippen LogP contribution is -2.36. The van der Waals surface area contributed by atoms with Crippen molar-refractivity contribution in [2.24, 2.45) is 0 Å². The van der Waals surface area contributed by atoms with Gasteiger partial charge in [-0.1, -0.05) is 18.2 Å². The van der Waals surface area contributed by atoms with Crippen LogP contribution in [0.15, 0.2) is 36.4 Å². The summed E-state index contributed by atoms with van der Waals surface area (Å²) in [4.78, 5) is 20.9. The fraction of sp³-hybridized carbons (Fsp3) is 0.409. The normalized spacial score (nSPS) is 16.4. The van der Waals surface area contributed by atoms with E-state index >= 15 is 0 Å². The van der Waals surface area contributed by atoms with Crippen LogP contribution in [0.3, 0.4) is 0 Å². The van der Waals surface area contributed by atoms with Crippen LogP contribution in [-0.2, 0) is 11.3 Å². The number of methoxy groups -OCH3 is 1. The zero-order valence-electron chi connectivity index (χ0n) is 17.7. The smallest absolute Gasteiger partial charge is 0.236 e. The summed E-state index contributed by atoms with van der Waals surface area (Å²) in [7, 11) is 5.50. The Morgan fingerprint density at radius 3 is 2.93 bits per heavy atom. The number of pyridine rings is 1. The number of fused-ring (bicyclic) bond motifs is 1. The molecule has 0 saturated carbocycles. The number of amides is 1. The number of nitrogens with one attached hydrogen (secondary N) is 2. The van der Waals surface area contributed by atoms with Gasteiger partial charge in [-0.3, -0.25) is 9.89 Å². The molecule has 0 radical (unpaired) electrons. The summed E-state index contributed by atoms with van der Waals surface area (Å²) < 4.78 is 5.41. The summed E-state index contributed by atoms with van der Waals surface area (Å²) in [6.45, 7) is 2.56. The van der Waals surface area contributed by atoms with Crippen LogP contribution in [0.5, 0.6) is 5.75 Å². The summed E-state index contributed by atoms with van der Waals surface area (Å²) in [5, 5.41) is 11.8. The van der Waals surface area contributed by atoms with E-state index in [1.807, 2.05) is 48.2 Å². The van der Waals surface area contributed by atoms with E-state index in [0.717, 1.165) is 53.4 Å². The predicted octanol–water partition coefficient (Wildman–Crippen LogP) is 2.46. The van der Waals surface area contributed by atoms with Gasteiger partial charge in [-0.25, -0.2) is 4.98 Å². The van der Waals surface area contributed by atoms with E-state index < -0.39 is 0 Å². The topological polar surface area (TPSA) is 86.4 Å². The molecule has 2 N–H and O–H groups in total. The number of aromatic nitrogens is 3. The highest BCUT2D eigenvalue weighted by atomic mass is 16.5. The number of anilines is 1. The number of carbonyl (C=O) groups is 1. The number of hydrogen-bond donors (Lipinski definition) is 2. The maximum absolute atomic E-state index is 12.3. The molecule has 1 aromatic carbocycles. The Bertz CT molecular complexity index is 1030. The molecular formula is C22H28N6O2. The van der Waals surface area contributed by atoms with Gasteiger partial charge in [-0.05, 0) is 38.7 Å². The van der Waals surface area contributed by atoms with Crippen molar-refractivity contribution < 1.29 is 9.53 Å². The first-order valence-electron chi connectivity index (χ1n) is 10.2. The molecule has 1 fully saturated rings. The van der Waals surface area contributed by atoms with E-state index in [0.29, 0.717) is 13.1 Å². The third-order valence-corrected chi connectivity index (χ3v) is 5.50. The van der Waals surface area contributed by atoms with Gasteiger partial charge >= 0.3 is 0 Å². The van der Waals surface area contributed by atoms with E-state index in [1.165, 1.54) is 0 Å². The van der Waals surface area contributed by atoms with E-state index in [1.54, 1.807) is 7.11 Å². The molecule has 1 aliphatic rings. The number of nitrogens with zero attached hydrogens (tertiary/aromatic N) is 4. The number of hydrogen-bond acceptors (Lipinski definition) is 6. The lowest BCUT2D eigenvalue weighted by atomic mass is 10.0. The van der Waals surface area contributed by atoms with Crippen LogP contribution in [0.4, 0.5) is 5.82 Å². The monoisotopic (exact) mass is 408 g/mol. The van der Waals surface area contributed by atoms with Crippen LogP contribution in [0, 0.1) is 0 Å². The molecule has 1 amide bonds. The van der Waals surface area contributed by atoms with Crippen molar-refractivity contribution >= 4 is 22.8 Å². The van der Waals surface area contributed by atoms with Gasteiger partial charge in [-0.15, -0.1) is 0 Å². The minimum absolute atomic E-state index is 0.174. The number of ether oxygens (including phenoxy) is 1. The van der Waals surface area contributed by atoms with E-state index in [-0.39, 0.29) is 11.8 Å². The molecule has 30 heavy (non-hydrogen) atoms. The standard InChI is InChI=1S/C22H28N6O2/c1-27(2)14-20(29)28-11-10-16(13-28)18-9-8-17-21(25-26-22(17)24-18)23-12-15-6-4-5-7-19(15)30-3/h4-9,16H,10-14H2,1-3H3,(H2,23,24,25,26)/t16-/m0/s1. The molecule has 3 aromatic rings. The van der Waals surface area contributed by atoms with Gasteiger partial charge in [0.2, 0.25) is 5.91 Å². The number of aromatic amines is 1. The Labute approximate surface area is 176 Å². The highest BCUT2D eigenvalue weighted by Crippen LogP contribution is 2.29. The van der Waals surface area contributed by atoms with Gasteiger partial charge in [0.15, 0.2) is 11.5 Å². The number of likely N-dealkylation sites (tertiary alicyclic amines) is 1. The Hall–Kier alpha value is -3.13. The lowest BCUT2D eigenvalue weighted by molar-refractivity contribution is -0.130. The Morgan fingerprint density at radius 1 is 1.30 bits per heavy atom. The zero-order valence-corrected chi connectivity index (χ0v) is 17.7. The number of benzene rings is 1. The van der Waals surface area contributed by atoms with Gasteiger partial charge in [-0.2, -0.15) is 5.10 Å². The second-order valence-electron chi connectivity index (χ2n) is 7.93. The van der Waals surface area contributed by atoms with Crippen LogP contribution in [-0.4, -0.2) is 71.7 Å². The third-order valence-electron chi connectivity index (χ3n) is 5.50. The summed E-state index contributed by atoms with van der Waals surface area (Å²) in [5.74, 6) is 2.05. The number of para-hydroxylation sites is 1. The SMILES string of the molecule is COc1ccccc1CNc1n[nH]c2nc([C@H]3CCN(C(=O)CN(C)C)C3)ccc12. The number of H-pyrrole nitrogens is 1. The van der Waals surface area contributed by atoms with Crippen molar-refractivity contribution in [1.82, 2.24) is 25.0 Å². The predicted molar refractivity (Wildman–Crippen MR) is 117 cm³/mol. The van der Waals surface area contributed by atoms with Crippen LogP contribution >= 0.6 is 0 Å². The van der Waals surface area contributed by atoms with Crippen LogP contribution in [0.1, 0.15) is 23.6 Å². The van der Waals surface area contributed by atoms with Crippen molar-refractivity contribution in [3.8, 4) is 5.75 Å². The zero-order chi connectivity index (χ0) is 21.1. The average molecular weight is 409 g/mol. The van der Waals surface area contributed by atoms with Crippen molar-refractivity contribution in [2.75, 3.05) is 46.2 Å². The Morgan fingerprint density at radius 2 is 2.13 bits per heavy atom. The molecule has 0 bridgehead atoms. The van der Waals surface area contributed by atoms with Crippen molar-refractivity contribution in [3.63, 3.8) is 0 Å². The molecule has 1 atom stereocenters. The fourth-order valence-electron chi connectivity index (χ4n) is 3.91. The highest BCUT2D eigenvalue weighted by Gasteiger charge is 2.28. The molecule has 8 heteroatoms.